The third-order valence-electron chi connectivity index (χ3n) is 6.77. The summed E-state index contributed by atoms with van der Waals surface area (Å²) in [5, 5.41) is 7.81. The zero-order valence-electron chi connectivity index (χ0n) is 20.3. The van der Waals surface area contributed by atoms with Gasteiger partial charge in [-0.05, 0) is 72.4 Å². The van der Waals surface area contributed by atoms with Gasteiger partial charge in [-0.2, -0.15) is 0 Å². The van der Waals surface area contributed by atoms with Crippen LogP contribution in [0.3, 0.4) is 0 Å². The number of carbonyl (C=O) groups is 1. The number of amides is 1. The van der Waals surface area contributed by atoms with Gasteiger partial charge < -0.3 is 4.90 Å². The van der Waals surface area contributed by atoms with Crippen molar-refractivity contribution < 1.29 is 9.42 Å². The van der Waals surface area contributed by atoms with E-state index in [-0.39, 0.29) is 29.0 Å². The van der Waals surface area contributed by atoms with Gasteiger partial charge in [-0.15, -0.1) is 0 Å². The summed E-state index contributed by atoms with van der Waals surface area (Å²) in [6, 6.07) is 15.9. The molecule has 2 aromatic carbocycles. The first-order chi connectivity index (χ1) is 18.0. The van der Waals surface area contributed by atoms with Crippen LogP contribution in [0.4, 0.5) is 0 Å². The van der Waals surface area contributed by atoms with E-state index >= 15 is 0 Å². The van der Waals surface area contributed by atoms with E-state index in [0.29, 0.717) is 41.1 Å². The Bertz CT molecular complexity index is 1760. The van der Waals surface area contributed by atoms with Gasteiger partial charge in [0.2, 0.25) is 0 Å². The van der Waals surface area contributed by atoms with Crippen LogP contribution in [0.1, 0.15) is 40.9 Å². The van der Waals surface area contributed by atoms with E-state index < -0.39 is 11.2 Å². The van der Waals surface area contributed by atoms with Crippen molar-refractivity contribution in [3.63, 3.8) is 0 Å². The SMILES string of the molecule is Cc1cc(C(=O)N2CCCCC2)c2c(=O)n(Cc3ccc4nonc4c3)c(=O)n(-c3ccccc3)c2n1. The van der Waals surface area contributed by atoms with E-state index in [9.17, 15) is 14.4 Å². The fourth-order valence-electron chi connectivity index (χ4n) is 4.96. The van der Waals surface area contributed by atoms with Gasteiger partial charge in [-0.1, -0.05) is 24.3 Å². The number of aromatic nitrogens is 5. The minimum Gasteiger partial charge on any atom is -0.339 e. The summed E-state index contributed by atoms with van der Waals surface area (Å²) < 4.78 is 7.33. The third-order valence-corrected chi connectivity index (χ3v) is 6.77. The molecule has 0 radical (unpaired) electrons. The van der Waals surface area contributed by atoms with E-state index in [1.54, 1.807) is 48.2 Å². The zero-order chi connectivity index (χ0) is 25.5. The molecule has 186 valence electrons. The third kappa shape index (κ3) is 4.00. The first kappa shape index (κ1) is 22.8. The lowest BCUT2D eigenvalue weighted by Gasteiger charge is -2.27. The molecule has 0 saturated carbocycles. The highest BCUT2D eigenvalue weighted by Gasteiger charge is 2.26. The van der Waals surface area contributed by atoms with Crippen LogP contribution in [0.25, 0.3) is 27.8 Å². The number of piperidine rings is 1. The lowest BCUT2D eigenvalue weighted by atomic mass is 10.1. The predicted molar refractivity (Wildman–Crippen MR) is 137 cm³/mol. The van der Waals surface area contributed by atoms with Gasteiger partial charge in [0.25, 0.3) is 11.5 Å². The van der Waals surface area contributed by atoms with Crippen LogP contribution in [0.5, 0.6) is 0 Å². The smallest absolute Gasteiger partial charge is 0.337 e. The van der Waals surface area contributed by atoms with Crippen LogP contribution in [0, 0.1) is 6.92 Å². The van der Waals surface area contributed by atoms with Crippen molar-refractivity contribution in [2.75, 3.05) is 13.1 Å². The molecule has 0 unspecified atom stereocenters. The molecule has 1 amide bonds. The molecular weight excluding hydrogens is 472 g/mol. The molecule has 5 aromatic rings. The van der Waals surface area contributed by atoms with Crippen molar-refractivity contribution in [1.82, 2.24) is 29.3 Å². The Morgan fingerprint density at radius 1 is 0.946 bits per heavy atom. The highest BCUT2D eigenvalue weighted by molar-refractivity contribution is 6.05. The number of carbonyl (C=O) groups excluding carboxylic acids is 1. The summed E-state index contributed by atoms with van der Waals surface area (Å²) in [4.78, 5) is 47.9. The molecule has 4 heterocycles. The number of pyridine rings is 1. The van der Waals surface area contributed by atoms with Crippen LogP contribution < -0.4 is 11.2 Å². The van der Waals surface area contributed by atoms with E-state index in [0.717, 1.165) is 23.8 Å². The minimum atomic E-state index is -0.557. The van der Waals surface area contributed by atoms with Crippen LogP contribution in [0.15, 0.2) is 68.8 Å². The number of nitrogens with zero attached hydrogens (tertiary/aromatic N) is 6. The van der Waals surface area contributed by atoms with E-state index in [1.807, 2.05) is 18.2 Å². The van der Waals surface area contributed by atoms with E-state index in [1.165, 1.54) is 4.57 Å². The summed E-state index contributed by atoms with van der Waals surface area (Å²) >= 11 is 0. The molecule has 0 N–H and O–H groups in total. The second-order valence-corrected chi connectivity index (χ2v) is 9.29. The lowest BCUT2D eigenvalue weighted by molar-refractivity contribution is 0.0726. The molecule has 6 rings (SSSR count). The van der Waals surface area contributed by atoms with Gasteiger partial charge in [0.05, 0.1) is 23.2 Å². The molecule has 0 atom stereocenters. The Kier molecular flexibility index (Phi) is 5.63. The number of hydrogen-bond donors (Lipinski definition) is 0. The zero-order valence-corrected chi connectivity index (χ0v) is 20.3. The van der Waals surface area contributed by atoms with Gasteiger partial charge in [0.15, 0.2) is 5.65 Å². The summed E-state index contributed by atoms with van der Waals surface area (Å²) in [6.07, 6.45) is 2.92. The molecule has 10 heteroatoms. The maximum absolute atomic E-state index is 14.0. The number of hydrogen-bond acceptors (Lipinski definition) is 7. The summed E-state index contributed by atoms with van der Waals surface area (Å²) in [5.74, 6) is -0.216. The molecule has 3 aromatic heterocycles. The Morgan fingerprint density at radius 2 is 1.70 bits per heavy atom. The number of fused-ring (bicyclic) bond motifs is 2. The minimum absolute atomic E-state index is 0.0194. The molecule has 0 spiro atoms. The Hall–Kier alpha value is -4.60. The van der Waals surface area contributed by atoms with E-state index in [4.69, 9.17) is 4.63 Å². The first-order valence-corrected chi connectivity index (χ1v) is 12.2. The average Bonchev–Trinajstić information content (AvgIpc) is 3.39. The maximum atomic E-state index is 14.0. The molecule has 37 heavy (non-hydrogen) atoms. The standard InChI is InChI=1S/C27H24N6O4/c1-17-14-20(25(34)31-12-6-3-7-13-31)23-24(28-17)33(19-8-4-2-5-9-19)27(36)32(26(23)35)16-18-10-11-21-22(15-18)30-37-29-21/h2,4-5,8-11,14-15H,3,6-7,12-13,16H2,1H3. The van der Waals surface area contributed by atoms with Crippen molar-refractivity contribution >= 4 is 28.0 Å². The summed E-state index contributed by atoms with van der Waals surface area (Å²) in [5.41, 5.74) is 2.21. The maximum Gasteiger partial charge on any atom is 0.337 e. The van der Waals surface area contributed by atoms with Crippen LogP contribution in [0.2, 0.25) is 0 Å². The van der Waals surface area contributed by atoms with Crippen molar-refractivity contribution in [1.29, 1.82) is 0 Å². The van der Waals surface area contributed by atoms with Gasteiger partial charge in [0.1, 0.15) is 11.0 Å². The van der Waals surface area contributed by atoms with Gasteiger partial charge in [0, 0.05) is 18.8 Å². The van der Waals surface area contributed by atoms with Crippen molar-refractivity contribution in [3.05, 3.63) is 92.3 Å². The number of benzene rings is 2. The highest BCUT2D eigenvalue weighted by Crippen LogP contribution is 2.21. The van der Waals surface area contributed by atoms with Gasteiger partial charge in [-0.3, -0.25) is 14.2 Å². The normalized spacial score (nSPS) is 13.9. The van der Waals surface area contributed by atoms with Gasteiger partial charge >= 0.3 is 5.69 Å². The molecule has 1 saturated heterocycles. The lowest BCUT2D eigenvalue weighted by Crippen LogP contribution is -2.42. The quantitative estimate of drug-likeness (QED) is 0.375. The van der Waals surface area contributed by atoms with Gasteiger partial charge in [-0.25, -0.2) is 19.0 Å². The fourth-order valence-corrected chi connectivity index (χ4v) is 4.96. The Morgan fingerprint density at radius 3 is 2.49 bits per heavy atom. The number of likely N-dealkylation sites (tertiary alicyclic amines) is 1. The Balaban J connectivity index is 1.62. The fraction of sp³-hybridized carbons (Fsp3) is 0.259. The second kappa shape index (κ2) is 9.12. The largest absolute Gasteiger partial charge is 0.339 e. The predicted octanol–water partition coefficient (Wildman–Crippen LogP) is 3.07. The monoisotopic (exact) mass is 496 g/mol. The van der Waals surface area contributed by atoms with Crippen molar-refractivity contribution in [2.45, 2.75) is 32.7 Å². The average molecular weight is 497 g/mol. The van der Waals surface area contributed by atoms with Crippen LogP contribution in [-0.4, -0.2) is 48.3 Å². The number of para-hydroxylation sites is 1. The molecular formula is C27H24N6O4. The van der Waals surface area contributed by atoms with E-state index in [2.05, 4.69) is 15.3 Å². The first-order valence-electron chi connectivity index (χ1n) is 12.2. The molecule has 0 aliphatic carbocycles. The molecule has 1 aliphatic heterocycles. The molecule has 1 aliphatic rings. The van der Waals surface area contributed by atoms with Crippen LogP contribution >= 0.6 is 0 Å². The summed E-state index contributed by atoms with van der Waals surface area (Å²) in [6.45, 7) is 3.02. The van der Waals surface area contributed by atoms with Crippen molar-refractivity contribution in [3.8, 4) is 5.69 Å². The number of aryl methyl sites for hydroxylation is 1. The summed E-state index contributed by atoms with van der Waals surface area (Å²) in [7, 11) is 0. The number of rotatable bonds is 4. The van der Waals surface area contributed by atoms with Crippen molar-refractivity contribution in [2.24, 2.45) is 0 Å². The van der Waals surface area contributed by atoms with Crippen LogP contribution in [-0.2, 0) is 6.54 Å². The second-order valence-electron chi connectivity index (χ2n) is 9.29. The molecule has 0 bridgehead atoms. The molecule has 10 nitrogen and oxygen atoms in total. The highest BCUT2D eigenvalue weighted by atomic mass is 16.6. The molecule has 1 fully saturated rings. The Labute approximate surface area is 210 Å². The topological polar surface area (TPSA) is 116 Å².